The highest BCUT2D eigenvalue weighted by molar-refractivity contribution is 5.98. The van der Waals surface area contributed by atoms with E-state index >= 15 is 0 Å². The molecule has 1 fully saturated rings. The molecular weight excluding hydrogens is 386 g/mol. The Morgan fingerprint density at radius 3 is 2.69 bits per heavy atom. The van der Waals surface area contributed by atoms with Crippen molar-refractivity contribution >= 4 is 12.1 Å². The summed E-state index contributed by atoms with van der Waals surface area (Å²) in [6.45, 7) is 0.536. The average molecular weight is 408 g/mol. The van der Waals surface area contributed by atoms with Crippen LogP contribution in [0.4, 0.5) is 0 Å². The molecule has 0 bridgehead atoms. The number of nitrogens with zero attached hydrogens (tertiary/aromatic N) is 2. The van der Waals surface area contributed by atoms with Gasteiger partial charge in [-0.1, -0.05) is 36.4 Å². The number of ether oxygens (including phenoxy) is 1. The lowest BCUT2D eigenvalue weighted by molar-refractivity contribution is -0.689. The molecule has 6 heteroatoms. The third-order valence-electron chi connectivity index (χ3n) is 5.44. The van der Waals surface area contributed by atoms with E-state index in [0.717, 1.165) is 51.8 Å². The smallest absolute Gasteiger partial charge is 0.243 e. The van der Waals surface area contributed by atoms with Crippen LogP contribution in [0.1, 0.15) is 24.0 Å². The van der Waals surface area contributed by atoms with Gasteiger partial charge >= 0.3 is 0 Å². The monoisotopic (exact) mass is 407 g/mol. The van der Waals surface area contributed by atoms with Crippen LogP contribution in [0.15, 0.2) is 88.4 Å². The summed E-state index contributed by atoms with van der Waals surface area (Å²) in [4.78, 5) is 10.4. The third-order valence-corrected chi connectivity index (χ3v) is 5.44. The number of benzene rings is 2. The molecule has 5 rings (SSSR count). The summed E-state index contributed by atoms with van der Waals surface area (Å²) in [5, 5.41) is 9.71. The highest BCUT2D eigenvalue weighted by Gasteiger charge is 2.40. The van der Waals surface area contributed by atoms with Crippen molar-refractivity contribution in [2.75, 3.05) is 0 Å². The van der Waals surface area contributed by atoms with Crippen LogP contribution >= 0.6 is 0 Å². The predicted molar refractivity (Wildman–Crippen MR) is 108 cm³/mol. The van der Waals surface area contributed by atoms with Crippen LogP contribution in [-0.4, -0.2) is 23.3 Å². The molecule has 1 aliphatic carbocycles. The summed E-state index contributed by atoms with van der Waals surface area (Å²) < 4.78 is 5.99. The number of nitrogens with one attached hydrogen (secondary N) is 1. The fourth-order valence-corrected chi connectivity index (χ4v) is 3.86. The van der Waals surface area contributed by atoms with E-state index in [2.05, 4.69) is 23.2 Å². The Morgan fingerprint density at radius 1 is 1.07 bits per heavy atom. The van der Waals surface area contributed by atoms with Crippen molar-refractivity contribution in [3.63, 3.8) is 0 Å². The molecule has 3 aliphatic rings. The normalized spacial score (nSPS) is 24.4. The molecule has 0 aromatic heterocycles. The second-order valence-corrected chi connectivity index (χ2v) is 7.39. The van der Waals surface area contributed by atoms with Crippen LogP contribution in [0.5, 0.6) is 5.75 Å². The highest BCUT2D eigenvalue weighted by Crippen LogP contribution is 2.36. The minimum absolute atomic E-state index is 0. The van der Waals surface area contributed by atoms with E-state index in [1.807, 2.05) is 55.0 Å². The predicted octanol–water partition coefficient (Wildman–Crippen LogP) is -0.547. The molecule has 1 unspecified atom stereocenters. The van der Waals surface area contributed by atoms with Gasteiger partial charge in [0.2, 0.25) is 5.84 Å². The lowest BCUT2D eigenvalue weighted by atomic mass is 9.79. The topological polar surface area (TPSA) is 58.6 Å². The molecule has 0 spiro atoms. The van der Waals surface area contributed by atoms with Gasteiger partial charge < -0.3 is 22.3 Å². The van der Waals surface area contributed by atoms with E-state index < -0.39 is 0 Å². The Bertz CT molecular complexity index is 1010. The molecular formula is C23H22ClN3O2. The van der Waals surface area contributed by atoms with Crippen LogP contribution in [0.3, 0.4) is 0 Å². The van der Waals surface area contributed by atoms with Crippen molar-refractivity contribution < 1.29 is 27.2 Å². The molecule has 29 heavy (non-hydrogen) atoms. The summed E-state index contributed by atoms with van der Waals surface area (Å²) in [5.41, 5.74) is 4.32. The zero-order valence-corrected chi connectivity index (χ0v) is 16.6. The van der Waals surface area contributed by atoms with Crippen molar-refractivity contribution in [1.82, 2.24) is 0 Å². The van der Waals surface area contributed by atoms with Crippen LogP contribution in [0.25, 0.3) is 0 Å². The molecule has 1 atom stereocenters. The van der Waals surface area contributed by atoms with E-state index in [9.17, 15) is 5.11 Å². The molecule has 5 nitrogen and oxygen atoms in total. The number of rotatable bonds is 5. The Kier molecular flexibility index (Phi) is 5.62. The van der Waals surface area contributed by atoms with E-state index in [1.165, 1.54) is 0 Å². The van der Waals surface area contributed by atoms with Gasteiger partial charge in [-0.25, -0.2) is 4.90 Å². The first kappa shape index (κ1) is 19.6. The fraction of sp³-hybridized carbons (Fsp3) is 0.217. The van der Waals surface area contributed by atoms with Crippen molar-refractivity contribution in [1.29, 1.82) is 0 Å². The van der Waals surface area contributed by atoms with E-state index in [4.69, 9.17) is 9.73 Å². The van der Waals surface area contributed by atoms with Gasteiger partial charge in [-0.3, -0.25) is 4.99 Å². The van der Waals surface area contributed by atoms with Crippen molar-refractivity contribution in [2.45, 2.75) is 25.6 Å². The molecule has 2 N–H and O–H groups in total. The average Bonchev–Trinajstić information content (AvgIpc) is 3.10. The van der Waals surface area contributed by atoms with Gasteiger partial charge in [-0.05, 0) is 36.6 Å². The van der Waals surface area contributed by atoms with Gasteiger partial charge in [0, 0.05) is 5.92 Å². The van der Waals surface area contributed by atoms with Gasteiger partial charge in [0.15, 0.2) is 5.70 Å². The highest BCUT2D eigenvalue weighted by atomic mass is 35.5. The molecule has 2 heterocycles. The number of allylic oxidation sites excluding steroid dienone is 2. The first-order chi connectivity index (χ1) is 13.8. The summed E-state index contributed by atoms with van der Waals surface area (Å²) in [5.74, 6) is 2.10. The molecule has 0 radical (unpaired) electrons. The SMILES string of the molecule is OC1CC(C2=C3C=NC=C[NH+]3C(c3cccc(OCc4ccccc4)c3)=N2)C1.[Cl-]. The first-order valence-electron chi connectivity index (χ1n) is 9.63. The maximum atomic E-state index is 9.71. The number of hydrogen-bond donors (Lipinski definition) is 2. The Labute approximate surface area is 176 Å². The number of quaternary nitrogens is 1. The third kappa shape index (κ3) is 3.90. The number of aliphatic imine (C=N–C) groups is 2. The van der Waals surface area contributed by atoms with Crippen molar-refractivity contribution in [3.8, 4) is 5.75 Å². The molecule has 0 amide bonds. The van der Waals surface area contributed by atoms with Gasteiger partial charge in [-0.15, -0.1) is 0 Å². The van der Waals surface area contributed by atoms with Crippen molar-refractivity contribution in [3.05, 3.63) is 89.5 Å². The summed E-state index contributed by atoms with van der Waals surface area (Å²) in [7, 11) is 0. The van der Waals surface area contributed by atoms with Crippen molar-refractivity contribution in [2.24, 2.45) is 15.9 Å². The maximum Gasteiger partial charge on any atom is 0.243 e. The number of aliphatic hydroxyl groups is 1. The van der Waals surface area contributed by atoms with Gasteiger partial charge in [0.1, 0.15) is 24.3 Å². The summed E-state index contributed by atoms with van der Waals surface area (Å²) >= 11 is 0. The molecule has 2 aromatic carbocycles. The zero-order valence-electron chi connectivity index (χ0n) is 15.8. The quantitative estimate of drug-likeness (QED) is 0.699. The van der Waals surface area contributed by atoms with Gasteiger partial charge in [0.25, 0.3) is 0 Å². The van der Waals surface area contributed by atoms with E-state index in [0.29, 0.717) is 12.5 Å². The lowest BCUT2D eigenvalue weighted by Gasteiger charge is -2.30. The van der Waals surface area contributed by atoms with Gasteiger partial charge in [-0.2, -0.15) is 4.99 Å². The largest absolute Gasteiger partial charge is 1.00 e. The second kappa shape index (κ2) is 8.33. The number of hydrogen-bond acceptors (Lipinski definition) is 4. The first-order valence-corrected chi connectivity index (χ1v) is 9.63. The zero-order chi connectivity index (χ0) is 18.9. The fourth-order valence-electron chi connectivity index (χ4n) is 3.86. The Hall–Kier alpha value is -2.73. The molecule has 1 saturated carbocycles. The number of aliphatic hydroxyl groups excluding tert-OH is 1. The molecule has 148 valence electrons. The Balaban J connectivity index is 0.00000205. The number of fused-ring (bicyclic) bond motifs is 1. The lowest BCUT2D eigenvalue weighted by Crippen LogP contribution is -3.08. The Morgan fingerprint density at radius 2 is 1.90 bits per heavy atom. The van der Waals surface area contributed by atoms with Gasteiger partial charge in [0.05, 0.1) is 24.1 Å². The van der Waals surface area contributed by atoms with Crippen LogP contribution in [0.2, 0.25) is 0 Å². The number of amidine groups is 1. The van der Waals surface area contributed by atoms with Crippen LogP contribution in [0, 0.1) is 5.92 Å². The van der Waals surface area contributed by atoms with Crippen LogP contribution in [-0.2, 0) is 6.61 Å². The summed E-state index contributed by atoms with van der Waals surface area (Å²) in [6, 6.07) is 18.2. The molecule has 2 aromatic rings. The summed E-state index contributed by atoms with van der Waals surface area (Å²) in [6.07, 6.45) is 7.07. The number of halogens is 1. The van der Waals surface area contributed by atoms with E-state index in [1.54, 1.807) is 0 Å². The molecule has 2 aliphatic heterocycles. The minimum Gasteiger partial charge on any atom is -1.00 e. The second-order valence-electron chi connectivity index (χ2n) is 7.39. The van der Waals surface area contributed by atoms with E-state index in [-0.39, 0.29) is 18.5 Å². The van der Waals surface area contributed by atoms with Crippen LogP contribution < -0.4 is 22.0 Å². The minimum atomic E-state index is -0.202. The maximum absolute atomic E-state index is 9.71. The molecule has 0 saturated heterocycles. The standard InChI is InChI=1S/C23H21N3O2.ClH/c27-19-11-18(12-19)22-21-14-24-9-10-26(21)23(25-22)17-7-4-8-20(13-17)28-15-16-5-2-1-3-6-16;/h1-10,13-14,18-19,27H,11-12,15H2;1H.